The number of nitrogens with zero attached hydrogens (tertiary/aromatic N) is 4. The molecule has 1 unspecified atom stereocenters. The first-order chi connectivity index (χ1) is 16.8. The Bertz CT molecular complexity index is 1180. The maximum Gasteiger partial charge on any atom is 0.416 e. The third-order valence-electron chi connectivity index (χ3n) is 4.55. The van der Waals surface area contributed by atoms with Crippen molar-refractivity contribution in [1.82, 2.24) is 25.3 Å². The zero-order valence-corrected chi connectivity index (χ0v) is 18.0. The highest BCUT2D eigenvalue weighted by Crippen LogP contribution is 2.36. The van der Waals surface area contributed by atoms with Crippen molar-refractivity contribution >= 4 is 5.91 Å². The van der Waals surface area contributed by atoms with Crippen LogP contribution in [0.5, 0.6) is 5.75 Å². The number of halogens is 8. The van der Waals surface area contributed by atoms with Gasteiger partial charge in [-0.3, -0.25) is 9.78 Å². The van der Waals surface area contributed by atoms with E-state index in [1.807, 2.05) is 0 Å². The van der Waals surface area contributed by atoms with Gasteiger partial charge >= 0.3 is 12.4 Å². The number of rotatable bonds is 7. The molecule has 0 saturated heterocycles. The predicted molar refractivity (Wildman–Crippen MR) is 107 cm³/mol. The molecule has 0 aliphatic carbocycles. The molecule has 1 amide bonds. The molecule has 7 nitrogen and oxygen atoms in total. The summed E-state index contributed by atoms with van der Waals surface area (Å²) in [5, 5.41) is 2.28. The number of benzene rings is 1. The van der Waals surface area contributed by atoms with Gasteiger partial charge in [0, 0.05) is 18.0 Å². The van der Waals surface area contributed by atoms with E-state index in [0.29, 0.717) is 12.1 Å². The van der Waals surface area contributed by atoms with Crippen LogP contribution in [0.2, 0.25) is 0 Å². The molecule has 1 aromatic carbocycles. The van der Waals surface area contributed by atoms with Crippen LogP contribution in [0.3, 0.4) is 0 Å². The van der Waals surface area contributed by atoms with Crippen LogP contribution in [0, 0.1) is 0 Å². The Labute approximate surface area is 197 Å². The quantitative estimate of drug-likeness (QED) is 0.435. The SMILES string of the molecule is CC(NC(=O)c1cc(C(F)(F)F)cc(C(F)(F)F)c1)c1nccnc1-c1ncc(OCC(F)F)cn1. The van der Waals surface area contributed by atoms with E-state index in [9.17, 15) is 39.9 Å². The van der Waals surface area contributed by atoms with Crippen LogP contribution < -0.4 is 10.1 Å². The van der Waals surface area contributed by atoms with Crippen molar-refractivity contribution in [2.75, 3.05) is 6.61 Å². The highest BCUT2D eigenvalue weighted by Gasteiger charge is 2.37. The van der Waals surface area contributed by atoms with Gasteiger partial charge < -0.3 is 10.1 Å². The number of alkyl halides is 8. The molecule has 0 radical (unpaired) electrons. The lowest BCUT2D eigenvalue weighted by molar-refractivity contribution is -0.143. The van der Waals surface area contributed by atoms with Gasteiger partial charge in [0.2, 0.25) is 0 Å². The number of carbonyl (C=O) groups excluding carboxylic acids is 1. The fraction of sp³-hybridized carbons (Fsp3) is 0.286. The second kappa shape index (κ2) is 10.4. The number of aromatic nitrogens is 4. The lowest BCUT2D eigenvalue weighted by Gasteiger charge is -2.18. The van der Waals surface area contributed by atoms with E-state index in [1.165, 1.54) is 19.3 Å². The van der Waals surface area contributed by atoms with Gasteiger partial charge in [0.25, 0.3) is 12.3 Å². The van der Waals surface area contributed by atoms with Crippen molar-refractivity contribution in [1.29, 1.82) is 0 Å². The summed E-state index contributed by atoms with van der Waals surface area (Å²) in [4.78, 5) is 28.6. The maximum atomic E-state index is 13.1. The molecule has 3 aromatic rings. The van der Waals surface area contributed by atoms with E-state index in [2.05, 4.69) is 25.3 Å². The molecule has 2 heterocycles. The monoisotopic (exact) mass is 521 g/mol. The molecule has 0 aliphatic heterocycles. The minimum Gasteiger partial charge on any atom is -0.484 e. The van der Waals surface area contributed by atoms with Crippen molar-refractivity contribution < 1.29 is 44.7 Å². The summed E-state index contributed by atoms with van der Waals surface area (Å²) in [7, 11) is 0. The maximum absolute atomic E-state index is 13.1. The van der Waals surface area contributed by atoms with Crippen LogP contribution >= 0.6 is 0 Å². The molecular weight excluding hydrogens is 506 g/mol. The largest absolute Gasteiger partial charge is 0.484 e. The van der Waals surface area contributed by atoms with Crippen LogP contribution in [-0.4, -0.2) is 38.9 Å². The Morgan fingerprint density at radius 2 is 1.47 bits per heavy atom. The van der Waals surface area contributed by atoms with Crippen LogP contribution in [0.1, 0.15) is 40.1 Å². The Morgan fingerprint density at radius 3 is 2.00 bits per heavy atom. The topological polar surface area (TPSA) is 89.9 Å². The Morgan fingerprint density at radius 1 is 0.917 bits per heavy atom. The standard InChI is InChI=1S/C21H15F8N5O2/c1-10(34-19(35)11-4-12(20(24,25)26)6-13(5-11)21(27,28)29)16-17(31-3-2-30-16)18-32-7-14(8-33-18)36-9-15(22)23/h2-8,10,15H,9H2,1H3,(H,34,35). The number of carbonyl (C=O) groups is 1. The molecule has 2 aromatic heterocycles. The fourth-order valence-corrected chi connectivity index (χ4v) is 2.94. The zero-order valence-electron chi connectivity index (χ0n) is 18.0. The minimum absolute atomic E-state index is 0.0192. The first kappa shape index (κ1) is 26.7. The number of amides is 1. The summed E-state index contributed by atoms with van der Waals surface area (Å²) in [5.41, 5.74) is -4.09. The van der Waals surface area contributed by atoms with Gasteiger partial charge in [0.1, 0.15) is 12.3 Å². The first-order valence-corrected chi connectivity index (χ1v) is 9.90. The summed E-state index contributed by atoms with van der Waals surface area (Å²) in [6.07, 6.45) is -8.30. The first-order valence-electron chi connectivity index (χ1n) is 9.90. The van der Waals surface area contributed by atoms with E-state index in [1.54, 1.807) is 0 Å². The summed E-state index contributed by atoms with van der Waals surface area (Å²) in [5.74, 6) is -1.34. The van der Waals surface area contributed by atoms with E-state index in [0.717, 1.165) is 12.4 Å². The normalized spacial score (nSPS) is 12.9. The van der Waals surface area contributed by atoms with Crippen LogP contribution in [0.25, 0.3) is 11.5 Å². The number of nitrogens with one attached hydrogen (secondary N) is 1. The molecule has 15 heteroatoms. The molecule has 0 fully saturated rings. The van der Waals surface area contributed by atoms with Gasteiger partial charge in [-0.2, -0.15) is 26.3 Å². The minimum atomic E-state index is -5.12. The summed E-state index contributed by atoms with van der Waals surface area (Å²) >= 11 is 0. The van der Waals surface area contributed by atoms with Crippen molar-refractivity contribution in [2.45, 2.75) is 31.7 Å². The van der Waals surface area contributed by atoms with Gasteiger partial charge in [-0.25, -0.2) is 23.7 Å². The van der Waals surface area contributed by atoms with E-state index < -0.39 is 54.0 Å². The van der Waals surface area contributed by atoms with Gasteiger partial charge in [0.05, 0.1) is 35.3 Å². The lowest BCUT2D eigenvalue weighted by atomic mass is 10.0. The molecule has 0 aliphatic rings. The number of hydrogen-bond acceptors (Lipinski definition) is 6. The Hall–Kier alpha value is -3.91. The Balaban J connectivity index is 1.87. The molecule has 192 valence electrons. The third-order valence-corrected chi connectivity index (χ3v) is 4.55. The van der Waals surface area contributed by atoms with Crippen molar-refractivity contribution in [3.8, 4) is 17.3 Å². The second-order valence-corrected chi connectivity index (χ2v) is 7.22. The molecule has 0 saturated carbocycles. The van der Waals surface area contributed by atoms with E-state index >= 15 is 0 Å². The molecular formula is C21H15F8N5O2. The number of ether oxygens (including phenoxy) is 1. The molecule has 3 rings (SSSR count). The molecule has 0 spiro atoms. The molecule has 1 atom stereocenters. The Kier molecular flexibility index (Phi) is 7.69. The lowest BCUT2D eigenvalue weighted by Crippen LogP contribution is -2.28. The third kappa shape index (κ3) is 6.60. The highest BCUT2D eigenvalue weighted by molar-refractivity contribution is 5.95. The fourth-order valence-electron chi connectivity index (χ4n) is 2.94. The van der Waals surface area contributed by atoms with Gasteiger partial charge in [-0.15, -0.1) is 0 Å². The van der Waals surface area contributed by atoms with Crippen LogP contribution in [0.15, 0.2) is 43.0 Å². The van der Waals surface area contributed by atoms with Crippen molar-refractivity contribution in [3.05, 3.63) is 65.4 Å². The second-order valence-electron chi connectivity index (χ2n) is 7.22. The highest BCUT2D eigenvalue weighted by atomic mass is 19.4. The van der Waals surface area contributed by atoms with Gasteiger partial charge in [-0.1, -0.05) is 0 Å². The van der Waals surface area contributed by atoms with Crippen LogP contribution in [0.4, 0.5) is 35.1 Å². The summed E-state index contributed by atoms with van der Waals surface area (Å²) < 4.78 is 108. The van der Waals surface area contributed by atoms with Crippen molar-refractivity contribution in [2.24, 2.45) is 0 Å². The molecule has 36 heavy (non-hydrogen) atoms. The number of hydrogen-bond donors (Lipinski definition) is 1. The summed E-state index contributed by atoms with van der Waals surface area (Å²) in [6.45, 7) is 0.484. The average molecular weight is 521 g/mol. The smallest absolute Gasteiger partial charge is 0.416 e. The predicted octanol–water partition coefficient (Wildman–Crippen LogP) is 5.11. The average Bonchev–Trinajstić information content (AvgIpc) is 2.81. The van der Waals surface area contributed by atoms with Crippen LogP contribution in [-0.2, 0) is 12.4 Å². The molecule has 0 bridgehead atoms. The zero-order chi connectivity index (χ0) is 26.7. The summed E-state index contributed by atoms with van der Waals surface area (Å²) in [6, 6.07) is -0.553. The van der Waals surface area contributed by atoms with Crippen molar-refractivity contribution in [3.63, 3.8) is 0 Å². The van der Waals surface area contributed by atoms with Gasteiger partial charge in [0.15, 0.2) is 11.6 Å². The van der Waals surface area contributed by atoms with E-state index in [-0.39, 0.29) is 29.0 Å². The molecule has 1 N–H and O–H groups in total. The van der Waals surface area contributed by atoms with E-state index in [4.69, 9.17) is 4.74 Å². The van der Waals surface area contributed by atoms with Gasteiger partial charge in [-0.05, 0) is 25.1 Å².